The van der Waals surface area contributed by atoms with Crippen LogP contribution in [0.1, 0.15) is 67.2 Å². The van der Waals surface area contributed by atoms with Gasteiger partial charge in [-0.3, -0.25) is 14.4 Å². The fourth-order valence-corrected chi connectivity index (χ4v) is 2.64. The molecule has 0 aromatic rings. The monoisotopic (exact) mass is 415 g/mol. The van der Waals surface area contributed by atoms with Crippen molar-refractivity contribution in [2.45, 2.75) is 78.9 Å². The van der Waals surface area contributed by atoms with Crippen LogP contribution in [0.2, 0.25) is 0 Å². The van der Waals surface area contributed by atoms with Crippen molar-refractivity contribution in [2.24, 2.45) is 5.92 Å². The van der Waals surface area contributed by atoms with Gasteiger partial charge in [0.1, 0.15) is 18.2 Å². The molecule has 3 amide bonds. The Hall–Kier alpha value is -2.32. The molecule has 29 heavy (non-hydrogen) atoms. The lowest BCUT2D eigenvalue weighted by atomic mass is 9.93. The highest BCUT2D eigenvalue weighted by Crippen LogP contribution is 2.13. The van der Waals surface area contributed by atoms with Crippen LogP contribution in [-0.4, -0.2) is 55.2 Å². The lowest BCUT2D eigenvalue weighted by Crippen LogP contribution is -2.53. The topological polar surface area (TPSA) is 123 Å². The Morgan fingerprint density at radius 2 is 1.59 bits per heavy atom. The SMILES string of the molecule is CCOC(=O)CCCNC(=O)[C@@H](NC(=O)CNC(=O)OC(C)(C)C)C(CC)CC. The van der Waals surface area contributed by atoms with Gasteiger partial charge in [-0.05, 0) is 40.0 Å². The molecule has 9 nitrogen and oxygen atoms in total. The third-order valence-corrected chi connectivity index (χ3v) is 4.07. The van der Waals surface area contributed by atoms with Crippen LogP contribution in [-0.2, 0) is 23.9 Å². The molecular weight excluding hydrogens is 378 g/mol. The van der Waals surface area contributed by atoms with E-state index in [1.165, 1.54) is 0 Å². The number of hydrogen-bond acceptors (Lipinski definition) is 6. The molecule has 0 saturated carbocycles. The largest absolute Gasteiger partial charge is 0.466 e. The standard InChI is InChI=1S/C20H37N3O6/c1-7-14(8-2)17(18(26)21-12-10-11-16(25)28-9-3)23-15(24)13-22-19(27)29-20(4,5)6/h14,17H,7-13H2,1-6H3,(H,21,26)(H,22,27)(H,23,24)/t17-/m0/s1. The van der Waals surface area contributed by atoms with E-state index in [2.05, 4.69) is 16.0 Å². The number of carbonyl (C=O) groups excluding carboxylic acids is 4. The Bertz CT molecular complexity index is 541. The molecule has 9 heteroatoms. The molecular formula is C20H37N3O6. The molecule has 0 fully saturated rings. The summed E-state index contributed by atoms with van der Waals surface area (Å²) < 4.78 is 9.93. The second-order valence-electron chi connectivity index (χ2n) is 7.68. The fourth-order valence-electron chi connectivity index (χ4n) is 2.64. The molecule has 0 spiro atoms. The van der Waals surface area contributed by atoms with Crippen LogP contribution in [0.5, 0.6) is 0 Å². The highest BCUT2D eigenvalue weighted by Gasteiger charge is 2.27. The summed E-state index contributed by atoms with van der Waals surface area (Å²) in [6, 6.07) is -0.722. The summed E-state index contributed by atoms with van der Waals surface area (Å²) in [5, 5.41) is 7.83. The molecule has 0 aromatic heterocycles. The molecule has 0 radical (unpaired) electrons. The number of rotatable bonds is 12. The van der Waals surface area contributed by atoms with Crippen molar-refractivity contribution in [3.63, 3.8) is 0 Å². The summed E-state index contributed by atoms with van der Waals surface area (Å²) in [6.07, 6.45) is 1.38. The Morgan fingerprint density at radius 1 is 0.966 bits per heavy atom. The Kier molecular flexibility index (Phi) is 12.7. The Balaban J connectivity index is 4.64. The van der Waals surface area contributed by atoms with Gasteiger partial charge in [0.15, 0.2) is 0 Å². The van der Waals surface area contributed by atoms with Gasteiger partial charge in [-0.2, -0.15) is 0 Å². The molecule has 1 atom stereocenters. The van der Waals surface area contributed by atoms with E-state index in [1.807, 2.05) is 13.8 Å². The maximum absolute atomic E-state index is 12.6. The number of carbonyl (C=O) groups is 4. The van der Waals surface area contributed by atoms with Crippen LogP contribution < -0.4 is 16.0 Å². The minimum Gasteiger partial charge on any atom is -0.466 e. The van der Waals surface area contributed by atoms with E-state index in [0.29, 0.717) is 32.4 Å². The van der Waals surface area contributed by atoms with Crippen LogP contribution in [0, 0.1) is 5.92 Å². The minimum atomic E-state index is -0.722. The predicted octanol–water partition coefficient (Wildman–Crippen LogP) is 1.89. The van der Waals surface area contributed by atoms with Crippen molar-refractivity contribution in [2.75, 3.05) is 19.7 Å². The summed E-state index contributed by atoms with van der Waals surface area (Å²) in [7, 11) is 0. The van der Waals surface area contributed by atoms with E-state index in [0.717, 1.165) is 0 Å². The first-order valence-corrected chi connectivity index (χ1v) is 10.2. The Labute approximate surface area is 173 Å². The highest BCUT2D eigenvalue weighted by atomic mass is 16.6. The van der Waals surface area contributed by atoms with Crippen molar-refractivity contribution in [3.05, 3.63) is 0 Å². The van der Waals surface area contributed by atoms with Gasteiger partial charge in [-0.25, -0.2) is 4.79 Å². The maximum Gasteiger partial charge on any atom is 0.408 e. The maximum atomic E-state index is 12.6. The Morgan fingerprint density at radius 3 is 2.10 bits per heavy atom. The summed E-state index contributed by atoms with van der Waals surface area (Å²) >= 11 is 0. The number of nitrogens with one attached hydrogen (secondary N) is 3. The molecule has 0 saturated heterocycles. The molecule has 168 valence electrons. The second-order valence-corrected chi connectivity index (χ2v) is 7.68. The summed E-state index contributed by atoms with van der Waals surface area (Å²) in [5.74, 6) is -1.15. The van der Waals surface area contributed by atoms with Crippen molar-refractivity contribution in [1.29, 1.82) is 0 Å². The molecule has 0 rings (SSSR count). The molecule has 0 aliphatic carbocycles. The van der Waals surface area contributed by atoms with E-state index in [9.17, 15) is 19.2 Å². The summed E-state index contributed by atoms with van der Waals surface area (Å²) in [4.78, 5) is 47.8. The van der Waals surface area contributed by atoms with Crippen molar-refractivity contribution in [1.82, 2.24) is 16.0 Å². The number of alkyl carbamates (subject to hydrolysis) is 1. The van der Waals surface area contributed by atoms with Gasteiger partial charge < -0.3 is 25.4 Å². The number of amides is 3. The minimum absolute atomic E-state index is 0.0504. The zero-order chi connectivity index (χ0) is 22.4. The van der Waals surface area contributed by atoms with E-state index in [1.54, 1.807) is 27.7 Å². The van der Waals surface area contributed by atoms with Crippen LogP contribution in [0.25, 0.3) is 0 Å². The first-order valence-electron chi connectivity index (χ1n) is 10.2. The quantitative estimate of drug-likeness (QED) is 0.330. The zero-order valence-electron chi connectivity index (χ0n) is 18.6. The van der Waals surface area contributed by atoms with Gasteiger partial charge in [0, 0.05) is 13.0 Å². The van der Waals surface area contributed by atoms with Crippen LogP contribution in [0.4, 0.5) is 4.79 Å². The lowest BCUT2D eigenvalue weighted by Gasteiger charge is -2.26. The highest BCUT2D eigenvalue weighted by molar-refractivity contribution is 5.89. The normalized spacial score (nSPS) is 12.1. The van der Waals surface area contributed by atoms with Crippen molar-refractivity contribution in [3.8, 4) is 0 Å². The first kappa shape index (κ1) is 26.7. The van der Waals surface area contributed by atoms with E-state index < -0.39 is 23.6 Å². The van der Waals surface area contributed by atoms with Crippen molar-refractivity contribution < 1.29 is 28.7 Å². The number of esters is 1. The average Bonchev–Trinajstić information content (AvgIpc) is 2.62. The van der Waals surface area contributed by atoms with Gasteiger partial charge >= 0.3 is 12.1 Å². The van der Waals surface area contributed by atoms with Gasteiger partial charge in [-0.1, -0.05) is 26.7 Å². The van der Waals surface area contributed by atoms with Crippen LogP contribution in [0.3, 0.4) is 0 Å². The van der Waals surface area contributed by atoms with Gasteiger partial charge in [0.05, 0.1) is 6.61 Å². The van der Waals surface area contributed by atoms with Crippen molar-refractivity contribution >= 4 is 23.9 Å². The molecule has 0 aromatic carbocycles. The third-order valence-electron chi connectivity index (χ3n) is 4.07. The third kappa shape index (κ3) is 12.7. The molecule has 0 unspecified atom stereocenters. The average molecular weight is 416 g/mol. The zero-order valence-corrected chi connectivity index (χ0v) is 18.6. The molecule has 3 N–H and O–H groups in total. The second kappa shape index (κ2) is 13.8. The van der Waals surface area contributed by atoms with Gasteiger partial charge in [0.2, 0.25) is 11.8 Å². The molecule has 0 heterocycles. The van der Waals surface area contributed by atoms with E-state index >= 15 is 0 Å². The summed E-state index contributed by atoms with van der Waals surface area (Å²) in [6.45, 7) is 11.1. The molecule has 0 aliphatic heterocycles. The fraction of sp³-hybridized carbons (Fsp3) is 0.800. The van der Waals surface area contributed by atoms with Gasteiger partial charge in [-0.15, -0.1) is 0 Å². The smallest absolute Gasteiger partial charge is 0.408 e. The lowest BCUT2D eigenvalue weighted by molar-refractivity contribution is -0.143. The van der Waals surface area contributed by atoms with Crippen LogP contribution >= 0.6 is 0 Å². The van der Waals surface area contributed by atoms with E-state index in [4.69, 9.17) is 9.47 Å². The summed E-state index contributed by atoms with van der Waals surface area (Å²) in [5.41, 5.74) is -0.665. The number of ether oxygens (including phenoxy) is 2. The molecule has 0 aliphatic rings. The van der Waals surface area contributed by atoms with Crippen LogP contribution in [0.15, 0.2) is 0 Å². The first-order chi connectivity index (χ1) is 13.5. The van der Waals surface area contributed by atoms with E-state index in [-0.39, 0.29) is 30.8 Å². The molecule has 0 bridgehead atoms. The van der Waals surface area contributed by atoms with Gasteiger partial charge in [0.25, 0.3) is 0 Å². The number of hydrogen-bond donors (Lipinski definition) is 3. The predicted molar refractivity (Wildman–Crippen MR) is 109 cm³/mol.